The molecule has 0 heterocycles. The van der Waals surface area contributed by atoms with Crippen LogP contribution in [0, 0.1) is 17.8 Å². The molecule has 0 saturated heterocycles. The highest BCUT2D eigenvalue weighted by Crippen LogP contribution is 2.11. The van der Waals surface area contributed by atoms with Crippen molar-refractivity contribution >= 4 is 36.3 Å². The van der Waals surface area contributed by atoms with E-state index in [1.54, 1.807) is 0 Å². The Balaban J connectivity index is 5.45. The normalized spacial score (nSPS) is 16.2. The Hall–Kier alpha value is -1.81. The van der Waals surface area contributed by atoms with Gasteiger partial charge in [-0.25, -0.2) is 4.79 Å². The van der Waals surface area contributed by atoms with Crippen LogP contribution in [0.1, 0.15) is 60.8 Å². The number of carbonyl (C=O) groups is 4. The molecular formula is C21H40N4O5S. The van der Waals surface area contributed by atoms with Gasteiger partial charge in [0.15, 0.2) is 0 Å². The first-order valence-electron chi connectivity index (χ1n) is 10.8. The van der Waals surface area contributed by atoms with E-state index in [-0.39, 0.29) is 23.5 Å². The zero-order valence-corrected chi connectivity index (χ0v) is 20.4. The van der Waals surface area contributed by atoms with Crippen LogP contribution < -0.4 is 21.7 Å². The summed E-state index contributed by atoms with van der Waals surface area (Å²) in [5.74, 6) is -2.69. The van der Waals surface area contributed by atoms with Crippen LogP contribution in [0.25, 0.3) is 0 Å². The zero-order chi connectivity index (χ0) is 24.3. The molecule has 0 spiro atoms. The van der Waals surface area contributed by atoms with Gasteiger partial charge in [-0.2, -0.15) is 12.6 Å². The second kappa shape index (κ2) is 14.3. The van der Waals surface area contributed by atoms with Crippen molar-refractivity contribution in [2.24, 2.45) is 23.5 Å². The average Bonchev–Trinajstić information content (AvgIpc) is 2.68. The van der Waals surface area contributed by atoms with Crippen LogP contribution in [0.3, 0.4) is 0 Å². The maximum Gasteiger partial charge on any atom is 0.327 e. The first-order valence-corrected chi connectivity index (χ1v) is 11.5. The molecule has 5 atom stereocenters. The lowest BCUT2D eigenvalue weighted by molar-refractivity contribution is -0.141. The van der Waals surface area contributed by atoms with Crippen LogP contribution in [0.5, 0.6) is 0 Å². The van der Waals surface area contributed by atoms with E-state index < -0.39 is 47.9 Å². The molecule has 0 aromatic carbocycles. The summed E-state index contributed by atoms with van der Waals surface area (Å²) < 4.78 is 0. The largest absolute Gasteiger partial charge is 0.480 e. The highest BCUT2D eigenvalue weighted by molar-refractivity contribution is 7.80. The van der Waals surface area contributed by atoms with E-state index in [2.05, 4.69) is 28.6 Å². The van der Waals surface area contributed by atoms with E-state index in [1.165, 1.54) is 0 Å². The van der Waals surface area contributed by atoms with Crippen molar-refractivity contribution in [2.45, 2.75) is 85.0 Å². The van der Waals surface area contributed by atoms with E-state index in [0.29, 0.717) is 12.8 Å². The molecule has 180 valence electrons. The number of rotatable bonds is 14. The smallest absolute Gasteiger partial charge is 0.327 e. The monoisotopic (exact) mass is 460 g/mol. The quantitative estimate of drug-likeness (QED) is 0.212. The van der Waals surface area contributed by atoms with Gasteiger partial charge >= 0.3 is 5.97 Å². The Morgan fingerprint density at radius 3 is 1.52 bits per heavy atom. The lowest BCUT2D eigenvalue weighted by Crippen LogP contribution is -2.58. The summed E-state index contributed by atoms with van der Waals surface area (Å²) in [6.07, 6.45) is 1.41. The summed E-state index contributed by atoms with van der Waals surface area (Å²) in [6, 6.07) is -3.70. The van der Waals surface area contributed by atoms with E-state index >= 15 is 0 Å². The van der Waals surface area contributed by atoms with Gasteiger partial charge in [0, 0.05) is 5.75 Å². The minimum atomic E-state index is -1.21. The minimum Gasteiger partial charge on any atom is -0.480 e. The summed E-state index contributed by atoms with van der Waals surface area (Å²) in [7, 11) is 0. The molecule has 0 aliphatic heterocycles. The maximum absolute atomic E-state index is 13.0. The summed E-state index contributed by atoms with van der Waals surface area (Å²) in [4.78, 5) is 49.4. The van der Waals surface area contributed by atoms with Crippen LogP contribution in [0.2, 0.25) is 0 Å². The van der Waals surface area contributed by atoms with Crippen LogP contribution in [0.15, 0.2) is 0 Å². The second-order valence-electron chi connectivity index (χ2n) is 8.87. The Bertz CT molecular complexity index is 615. The van der Waals surface area contributed by atoms with E-state index in [1.807, 2.05) is 41.5 Å². The number of hydrogen-bond donors (Lipinski definition) is 6. The molecule has 0 aromatic rings. The van der Waals surface area contributed by atoms with Gasteiger partial charge in [-0.1, -0.05) is 48.0 Å². The van der Waals surface area contributed by atoms with E-state index in [4.69, 9.17) is 10.8 Å². The van der Waals surface area contributed by atoms with Gasteiger partial charge < -0.3 is 26.8 Å². The van der Waals surface area contributed by atoms with Gasteiger partial charge in [0.2, 0.25) is 17.7 Å². The number of aliphatic carboxylic acids is 1. The predicted octanol–water partition coefficient (Wildman–Crippen LogP) is 0.921. The predicted molar refractivity (Wildman–Crippen MR) is 124 cm³/mol. The fraction of sp³-hybridized carbons (Fsp3) is 0.810. The SMILES string of the molecule is CCC(C)C(N)C(=O)NC(CC(C)C)C(=O)NC(CC(C)C)C(=O)NC(CS)C(=O)O. The van der Waals surface area contributed by atoms with Crippen LogP contribution in [0.4, 0.5) is 0 Å². The molecule has 0 aromatic heterocycles. The first-order chi connectivity index (χ1) is 14.3. The summed E-state index contributed by atoms with van der Waals surface area (Å²) >= 11 is 3.95. The standard InChI is InChI=1S/C21H40N4O5S/c1-7-13(6)17(22)20(28)24-15(9-12(4)5)18(26)23-14(8-11(2)3)19(27)25-16(10-31)21(29)30/h11-17,31H,7-10,22H2,1-6H3,(H,23,26)(H,24,28)(H,25,27)(H,29,30). The molecule has 3 amide bonds. The molecule has 10 heteroatoms. The minimum absolute atomic E-state index is 0.0450. The lowest BCUT2D eigenvalue weighted by Gasteiger charge is -2.27. The maximum atomic E-state index is 13.0. The Kier molecular flexibility index (Phi) is 13.5. The zero-order valence-electron chi connectivity index (χ0n) is 19.5. The second-order valence-corrected chi connectivity index (χ2v) is 9.24. The Morgan fingerprint density at radius 1 is 0.806 bits per heavy atom. The number of nitrogens with one attached hydrogen (secondary N) is 3. The fourth-order valence-electron chi connectivity index (χ4n) is 2.92. The number of carboxylic acids is 1. The van der Waals surface area contributed by atoms with Crippen molar-refractivity contribution < 1.29 is 24.3 Å². The molecule has 9 nitrogen and oxygen atoms in total. The molecule has 31 heavy (non-hydrogen) atoms. The molecule has 0 radical (unpaired) electrons. The van der Waals surface area contributed by atoms with Crippen molar-refractivity contribution in [1.82, 2.24) is 16.0 Å². The molecular weight excluding hydrogens is 420 g/mol. The summed E-state index contributed by atoms with van der Waals surface area (Å²) in [5.41, 5.74) is 5.99. The highest BCUT2D eigenvalue weighted by atomic mass is 32.1. The van der Waals surface area contributed by atoms with Crippen molar-refractivity contribution in [1.29, 1.82) is 0 Å². The average molecular weight is 461 g/mol. The number of nitrogens with two attached hydrogens (primary N) is 1. The third-order valence-corrected chi connectivity index (χ3v) is 5.40. The molecule has 0 fully saturated rings. The Labute approximate surface area is 191 Å². The molecule has 0 aliphatic carbocycles. The molecule has 6 N–H and O–H groups in total. The summed E-state index contributed by atoms with van der Waals surface area (Å²) in [6.45, 7) is 11.4. The van der Waals surface area contributed by atoms with Gasteiger partial charge in [-0.3, -0.25) is 14.4 Å². The van der Waals surface area contributed by atoms with Crippen molar-refractivity contribution in [3.05, 3.63) is 0 Å². The van der Waals surface area contributed by atoms with Crippen molar-refractivity contribution in [3.8, 4) is 0 Å². The van der Waals surface area contributed by atoms with Gasteiger partial charge in [-0.15, -0.1) is 0 Å². The number of carbonyl (C=O) groups excluding carboxylic acids is 3. The van der Waals surface area contributed by atoms with E-state index in [9.17, 15) is 19.2 Å². The van der Waals surface area contributed by atoms with Crippen LogP contribution in [-0.4, -0.2) is 58.7 Å². The van der Waals surface area contributed by atoms with Gasteiger partial charge in [0.1, 0.15) is 18.1 Å². The van der Waals surface area contributed by atoms with Crippen LogP contribution in [-0.2, 0) is 19.2 Å². The van der Waals surface area contributed by atoms with Crippen molar-refractivity contribution in [2.75, 3.05) is 5.75 Å². The number of amides is 3. The third kappa shape index (κ3) is 10.9. The molecule has 0 rings (SSSR count). The van der Waals surface area contributed by atoms with E-state index in [0.717, 1.165) is 6.42 Å². The number of hydrogen-bond acceptors (Lipinski definition) is 6. The van der Waals surface area contributed by atoms with Crippen LogP contribution >= 0.6 is 12.6 Å². The van der Waals surface area contributed by atoms with Gasteiger partial charge in [0.05, 0.1) is 6.04 Å². The van der Waals surface area contributed by atoms with Gasteiger partial charge in [0.25, 0.3) is 0 Å². The first kappa shape index (κ1) is 29.2. The van der Waals surface area contributed by atoms with Crippen molar-refractivity contribution in [3.63, 3.8) is 0 Å². The number of carboxylic acid groups (broad SMARTS) is 1. The molecule has 0 saturated carbocycles. The topological polar surface area (TPSA) is 151 Å². The Morgan fingerprint density at radius 2 is 1.19 bits per heavy atom. The molecule has 0 aliphatic rings. The highest BCUT2D eigenvalue weighted by Gasteiger charge is 2.31. The van der Waals surface area contributed by atoms with Gasteiger partial charge in [-0.05, 0) is 30.6 Å². The molecule has 5 unspecified atom stereocenters. The molecule has 0 bridgehead atoms. The number of thiol groups is 1. The third-order valence-electron chi connectivity index (χ3n) is 5.04. The lowest BCUT2D eigenvalue weighted by atomic mass is 9.97. The summed E-state index contributed by atoms with van der Waals surface area (Å²) in [5, 5.41) is 17.0. The fourth-order valence-corrected chi connectivity index (χ4v) is 3.16.